The van der Waals surface area contributed by atoms with Gasteiger partial charge in [0.15, 0.2) is 0 Å². The van der Waals surface area contributed by atoms with E-state index in [2.05, 4.69) is 0 Å². The summed E-state index contributed by atoms with van der Waals surface area (Å²) < 4.78 is 0. The van der Waals surface area contributed by atoms with E-state index >= 15 is 0 Å². The smallest absolute Gasteiger partial charge is 0.335 e. The molecule has 0 radical (unpaired) electrons. The van der Waals surface area contributed by atoms with E-state index in [-0.39, 0.29) is 12.0 Å². The van der Waals surface area contributed by atoms with Crippen molar-refractivity contribution in [1.29, 1.82) is 0 Å². The third-order valence-electron chi connectivity index (χ3n) is 4.04. The second-order valence-electron chi connectivity index (χ2n) is 5.84. The van der Waals surface area contributed by atoms with Gasteiger partial charge >= 0.3 is 11.9 Å². The van der Waals surface area contributed by atoms with Gasteiger partial charge in [0.2, 0.25) is 0 Å². The SMILES string of the molecule is Cc1ccc(CC(Cc2ccccc2C)C(=O)O)c(C(=O)O)c1. The molecule has 0 aliphatic rings. The number of aliphatic carboxylic acids is 1. The zero-order valence-electron chi connectivity index (χ0n) is 13.2. The van der Waals surface area contributed by atoms with Gasteiger partial charge < -0.3 is 10.2 Å². The van der Waals surface area contributed by atoms with Crippen molar-refractivity contribution in [2.45, 2.75) is 26.7 Å². The fourth-order valence-corrected chi connectivity index (χ4v) is 2.68. The Labute approximate surface area is 135 Å². The summed E-state index contributed by atoms with van der Waals surface area (Å²) in [5, 5.41) is 18.9. The summed E-state index contributed by atoms with van der Waals surface area (Å²) in [6.07, 6.45) is 0.584. The van der Waals surface area contributed by atoms with Crippen LogP contribution in [0, 0.1) is 19.8 Å². The van der Waals surface area contributed by atoms with E-state index in [1.54, 1.807) is 12.1 Å². The Balaban J connectivity index is 2.29. The Hall–Kier alpha value is -2.62. The number of hydrogen-bond acceptors (Lipinski definition) is 2. The van der Waals surface area contributed by atoms with E-state index in [1.807, 2.05) is 44.2 Å². The molecule has 1 unspecified atom stereocenters. The first-order valence-electron chi connectivity index (χ1n) is 7.48. The van der Waals surface area contributed by atoms with Crippen LogP contribution in [0.2, 0.25) is 0 Å². The van der Waals surface area contributed by atoms with Gasteiger partial charge in [0, 0.05) is 0 Å². The van der Waals surface area contributed by atoms with Crippen LogP contribution in [0.25, 0.3) is 0 Å². The van der Waals surface area contributed by atoms with Crippen LogP contribution in [0.1, 0.15) is 32.6 Å². The van der Waals surface area contributed by atoms with Crippen LogP contribution in [-0.2, 0) is 17.6 Å². The number of carbonyl (C=O) groups is 2. The minimum Gasteiger partial charge on any atom is -0.481 e. The summed E-state index contributed by atoms with van der Waals surface area (Å²) in [4.78, 5) is 23.0. The van der Waals surface area contributed by atoms with Crippen molar-refractivity contribution in [2.75, 3.05) is 0 Å². The zero-order valence-corrected chi connectivity index (χ0v) is 13.2. The predicted molar refractivity (Wildman–Crippen MR) is 87.9 cm³/mol. The van der Waals surface area contributed by atoms with Crippen molar-refractivity contribution in [1.82, 2.24) is 0 Å². The van der Waals surface area contributed by atoms with Crippen LogP contribution < -0.4 is 0 Å². The zero-order chi connectivity index (χ0) is 17.0. The molecule has 0 aromatic heterocycles. The highest BCUT2D eigenvalue weighted by Crippen LogP contribution is 2.21. The molecule has 0 saturated heterocycles. The summed E-state index contributed by atoms with van der Waals surface area (Å²) in [6.45, 7) is 3.76. The minimum absolute atomic E-state index is 0.182. The van der Waals surface area contributed by atoms with Crippen LogP contribution in [0.3, 0.4) is 0 Å². The van der Waals surface area contributed by atoms with Gasteiger partial charge in [-0.1, -0.05) is 42.0 Å². The normalized spacial score (nSPS) is 11.9. The van der Waals surface area contributed by atoms with Crippen LogP contribution in [-0.4, -0.2) is 22.2 Å². The topological polar surface area (TPSA) is 74.6 Å². The monoisotopic (exact) mass is 312 g/mol. The summed E-state index contributed by atoms with van der Waals surface area (Å²) in [7, 11) is 0. The first-order valence-corrected chi connectivity index (χ1v) is 7.48. The predicted octanol–water partition coefficient (Wildman–Crippen LogP) is 3.49. The van der Waals surface area contributed by atoms with Gasteiger partial charge in [-0.25, -0.2) is 4.79 Å². The van der Waals surface area contributed by atoms with Crippen LogP contribution in [0.5, 0.6) is 0 Å². The molecule has 2 aromatic rings. The molecule has 0 amide bonds. The molecule has 2 rings (SSSR count). The molecule has 1 atom stereocenters. The lowest BCUT2D eigenvalue weighted by molar-refractivity contribution is -0.141. The molecule has 0 bridgehead atoms. The molecule has 2 aromatic carbocycles. The average Bonchev–Trinajstić information content (AvgIpc) is 2.49. The molecule has 4 nitrogen and oxygen atoms in total. The van der Waals surface area contributed by atoms with E-state index in [0.29, 0.717) is 12.0 Å². The average molecular weight is 312 g/mol. The highest BCUT2D eigenvalue weighted by molar-refractivity contribution is 5.89. The van der Waals surface area contributed by atoms with Gasteiger partial charge in [0.05, 0.1) is 11.5 Å². The number of aryl methyl sites for hydroxylation is 2. The van der Waals surface area contributed by atoms with Crippen molar-refractivity contribution in [3.05, 3.63) is 70.3 Å². The molecule has 2 N–H and O–H groups in total. The van der Waals surface area contributed by atoms with Gasteiger partial charge in [-0.15, -0.1) is 0 Å². The molecule has 0 aliphatic carbocycles. The maximum Gasteiger partial charge on any atom is 0.335 e. The molecule has 0 fully saturated rings. The molecule has 0 saturated carbocycles. The summed E-state index contributed by atoms with van der Waals surface area (Å²) >= 11 is 0. The second-order valence-corrected chi connectivity index (χ2v) is 5.84. The Morgan fingerprint density at radius 1 is 0.957 bits per heavy atom. The number of carboxylic acids is 2. The lowest BCUT2D eigenvalue weighted by atomic mass is 9.89. The lowest BCUT2D eigenvalue weighted by Crippen LogP contribution is -2.21. The molecule has 23 heavy (non-hydrogen) atoms. The third kappa shape index (κ3) is 4.19. The quantitative estimate of drug-likeness (QED) is 0.856. The first-order chi connectivity index (χ1) is 10.9. The van der Waals surface area contributed by atoms with Gasteiger partial charge in [-0.05, 0) is 49.4 Å². The summed E-state index contributed by atoms with van der Waals surface area (Å²) in [6, 6.07) is 12.8. The van der Waals surface area contributed by atoms with Crippen molar-refractivity contribution >= 4 is 11.9 Å². The standard InChI is InChI=1S/C19H20O4/c1-12-7-8-15(17(9-12)19(22)23)11-16(18(20)21)10-14-6-4-3-5-13(14)2/h3-9,16H,10-11H2,1-2H3,(H,20,21)(H,22,23). The number of benzene rings is 2. The number of hydrogen-bond donors (Lipinski definition) is 2. The van der Waals surface area contributed by atoms with Gasteiger partial charge in [0.25, 0.3) is 0 Å². The van der Waals surface area contributed by atoms with E-state index in [4.69, 9.17) is 0 Å². The maximum absolute atomic E-state index is 11.6. The maximum atomic E-state index is 11.6. The largest absolute Gasteiger partial charge is 0.481 e. The molecule has 0 heterocycles. The molecule has 0 spiro atoms. The fraction of sp³-hybridized carbons (Fsp3) is 0.263. The van der Waals surface area contributed by atoms with Crippen molar-refractivity contribution in [3.63, 3.8) is 0 Å². The van der Waals surface area contributed by atoms with Crippen molar-refractivity contribution < 1.29 is 19.8 Å². The molecule has 0 aliphatic heterocycles. The number of carboxylic acid groups (broad SMARTS) is 2. The highest BCUT2D eigenvalue weighted by atomic mass is 16.4. The third-order valence-corrected chi connectivity index (χ3v) is 4.04. The van der Waals surface area contributed by atoms with Gasteiger partial charge in [-0.3, -0.25) is 4.79 Å². The Morgan fingerprint density at radius 3 is 2.22 bits per heavy atom. The Bertz CT molecular complexity index is 734. The van der Waals surface area contributed by atoms with Crippen LogP contribution >= 0.6 is 0 Å². The van der Waals surface area contributed by atoms with Crippen molar-refractivity contribution in [3.8, 4) is 0 Å². The minimum atomic E-state index is -1.02. The summed E-state index contributed by atoms with van der Waals surface area (Å²) in [5.74, 6) is -2.59. The van der Waals surface area contributed by atoms with Crippen LogP contribution in [0.15, 0.2) is 42.5 Å². The first kappa shape index (κ1) is 16.7. The van der Waals surface area contributed by atoms with Crippen molar-refractivity contribution in [2.24, 2.45) is 5.92 Å². The molecular weight excluding hydrogens is 292 g/mol. The van der Waals surface area contributed by atoms with Crippen LogP contribution in [0.4, 0.5) is 0 Å². The molecule has 4 heteroatoms. The number of aromatic carboxylic acids is 1. The van der Waals surface area contributed by atoms with E-state index in [9.17, 15) is 19.8 Å². The molecular formula is C19H20O4. The van der Waals surface area contributed by atoms with E-state index < -0.39 is 17.9 Å². The fourth-order valence-electron chi connectivity index (χ4n) is 2.68. The molecule has 120 valence electrons. The number of rotatable bonds is 6. The van der Waals surface area contributed by atoms with E-state index in [1.165, 1.54) is 0 Å². The van der Waals surface area contributed by atoms with Gasteiger partial charge in [-0.2, -0.15) is 0 Å². The Morgan fingerprint density at radius 2 is 1.61 bits per heavy atom. The Kier molecular flexibility index (Phi) is 5.16. The highest BCUT2D eigenvalue weighted by Gasteiger charge is 2.22. The summed E-state index contributed by atoms with van der Waals surface area (Å²) in [5.41, 5.74) is 3.60. The second kappa shape index (κ2) is 7.09. The van der Waals surface area contributed by atoms with Gasteiger partial charge in [0.1, 0.15) is 0 Å². The lowest BCUT2D eigenvalue weighted by Gasteiger charge is -2.16. The van der Waals surface area contributed by atoms with E-state index in [0.717, 1.165) is 16.7 Å².